The Morgan fingerprint density at radius 1 is 0.392 bits per heavy atom. The lowest BCUT2D eigenvalue weighted by Crippen LogP contribution is -2.40. The van der Waals surface area contributed by atoms with Gasteiger partial charge < -0.3 is 28.5 Å². The number of unbranched alkanes of at least 4 members (excludes halogenated alkanes) is 13. The van der Waals surface area contributed by atoms with Gasteiger partial charge in [0.1, 0.15) is 13.2 Å². The summed E-state index contributed by atoms with van der Waals surface area (Å²) in [5.41, 5.74) is 0. The van der Waals surface area contributed by atoms with Gasteiger partial charge in [-0.15, -0.1) is 0 Å². The molecule has 1 N–H and O–H groups in total. The summed E-state index contributed by atoms with van der Waals surface area (Å²) in [6, 6.07) is 0. The number of hydrogen-bond donors (Lipinski definition) is 1. The number of allylic oxidation sites excluding steroid dienone is 26. The van der Waals surface area contributed by atoms with E-state index in [0.717, 1.165) is 141 Å². The molecule has 0 bridgehead atoms. The average molecular weight is 1100 g/mol. The largest absolute Gasteiger partial charge is 0.477 e. The Hall–Kier alpha value is -5.09. The zero-order valence-electron chi connectivity index (χ0n) is 50.5. The maximum Gasteiger partial charge on any atom is 0.361 e. The van der Waals surface area contributed by atoms with E-state index in [9.17, 15) is 19.5 Å². The standard InChI is InChI=1S/C70H111NO8/c1-6-8-10-12-14-16-18-20-22-24-26-27-28-29-30-31-32-33-34-35-36-37-38-39-40-41-43-45-47-49-51-53-55-57-59-61-68(73)79-66(65-78-70(69(74)75)76-63-62-71(3,4)5)64-77-67(72)60-58-56-54-52-50-48-46-44-42-25-23-21-19-17-15-13-11-9-7-2/h8,10,14-17,20-23,26-27,29-30,32-33,35-36,38-39,41-44,47,49,66,70H,6-7,9,11-13,18-19,24-25,28,31,34,37,40,45-46,48,50-65H2,1-5H3/p+1/b10-8-,16-14-,17-15-,22-20-,23-21-,27-26-,30-29-,33-32-,36-35-,39-38-,43-41-,44-42-,49-47-. The van der Waals surface area contributed by atoms with Crippen molar-refractivity contribution in [3.63, 3.8) is 0 Å². The summed E-state index contributed by atoms with van der Waals surface area (Å²) in [7, 11) is 5.94. The first-order valence-corrected chi connectivity index (χ1v) is 30.6. The van der Waals surface area contributed by atoms with Gasteiger partial charge in [-0.25, -0.2) is 4.79 Å². The Morgan fingerprint density at radius 3 is 1.08 bits per heavy atom. The molecule has 2 unspecified atom stereocenters. The van der Waals surface area contributed by atoms with E-state index in [0.29, 0.717) is 17.4 Å². The molecule has 444 valence electrons. The lowest BCUT2D eigenvalue weighted by Gasteiger charge is -2.25. The van der Waals surface area contributed by atoms with Crippen LogP contribution in [0.15, 0.2) is 158 Å². The molecule has 0 radical (unpaired) electrons. The predicted octanol–water partition coefficient (Wildman–Crippen LogP) is 18.6. The first kappa shape index (κ1) is 73.9. The van der Waals surface area contributed by atoms with Crippen molar-refractivity contribution in [3.05, 3.63) is 158 Å². The van der Waals surface area contributed by atoms with Crippen LogP contribution >= 0.6 is 0 Å². The van der Waals surface area contributed by atoms with Gasteiger partial charge in [0.05, 0.1) is 34.4 Å². The third-order valence-electron chi connectivity index (χ3n) is 12.3. The summed E-state index contributed by atoms with van der Waals surface area (Å²) in [4.78, 5) is 37.5. The fourth-order valence-corrected chi connectivity index (χ4v) is 7.58. The van der Waals surface area contributed by atoms with E-state index in [1.54, 1.807) is 0 Å². The topological polar surface area (TPSA) is 108 Å². The summed E-state index contributed by atoms with van der Waals surface area (Å²) in [6.07, 6.45) is 84.6. The van der Waals surface area contributed by atoms with E-state index in [-0.39, 0.29) is 38.6 Å². The maximum atomic E-state index is 12.9. The van der Waals surface area contributed by atoms with E-state index in [1.807, 2.05) is 21.1 Å². The van der Waals surface area contributed by atoms with Gasteiger partial charge in [0.2, 0.25) is 0 Å². The lowest BCUT2D eigenvalue weighted by atomic mass is 10.1. The van der Waals surface area contributed by atoms with Crippen LogP contribution in [0.1, 0.15) is 206 Å². The molecule has 0 fully saturated rings. The first-order chi connectivity index (χ1) is 38.6. The highest BCUT2D eigenvalue weighted by Gasteiger charge is 2.25. The van der Waals surface area contributed by atoms with Crippen LogP contribution in [-0.2, 0) is 33.3 Å². The van der Waals surface area contributed by atoms with Crippen molar-refractivity contribution in [2.24, 2.45) is 0 Å². The minimum atomic E-state index is -1.53. The number of nitrogens with zero attached hydrogens (tertiary/aromatic N) is 1. The van der Waals surface area contributed by atoms with E-state index >= 15 is 0 Å². The molecule has 0 aromatic rings. The molecule has 0 aliphatic rings. The Bertz CT molecular complexity index is 1850. The fraction of sp³-hybridized carbons (Fsp3) is 0.586. The van der Waals surface area contributed by atoms with Gasteiger partial charge in [0.15, 0.2) is 6.10 Å². The molecule has 0 heterocycles. The van der Waals surface area contributed by atoms with E-state index in [4.69, 9.17) is 18.9 Å². The van der Waals surface area contributed by atoms with Crippen LogP contribution in [-0.4, -0.2) is 87.4 Å². The summed E-state index contributed by atoms with van der Waals surface area (Å²) >= 11 is 0. The SMILES string of the molecule is CC/C=C\C/C=C\C/C=C\C/C=C\C/C=C\C/C=C\C/C=C\C/C=C\C/C=C\C/C=C\CCCCCCC(=O)OC(COC(=O)CCCCCCCC/C=C\C/C=C\C/C=C\CCCCC)COC(OCC[N+](C)(C)C)C(=O)O. The predicted molar refractivity (Wildman–Crippen MR) is 336 cm³/mol. The van der Waals surface area contributed by atoms with Crippen molar-refractivity contribution in [1.29, 1.82) is 0 Å². The van der Waals surface area contributed by atoms with Crippen LogP contribution in [0.3, 0.4) is 0 Å². The molecule has 0 spiro atoms. The summed E-state index contributed by atoms with van der Waals surface area (Å²) in [5.74, 6) is -2.08. The van der Waals surface area contributed by atoms with Crippen LogP contribution < -0.4 is 0 Å². The number of ether oxygens (including phenoxy) is 4. The molecule has 0 aliphatic carbocycles. The number of esters is 2. The third-order valence-corrected chi connectivity index (χ3v) is 12.3. The van der Waals surface area contributed by atoms with Crippen molar-refractivity contribution in [2.45, 2.75) is 219 Å². The monoisotopic (exact) mass is 1090 g/mol. The number of carbonyl (C=O) groups is 3. The Kier molecular flexibility index (Phi) is 55.2. The highest BCUT2D eigenvalue weighted by atomic mass is 16.7. The minimum Gasteiger partial charge on any atom is -0.477 e. The molecular formula is C70H112NO8+. The van der Waals surface area contributed by atoms with E-state index in [2.05, 4.69) is 172 Å². The van der Waals surface area contributed by atoms with Gasteiger partial charge in [0, 0.05) is 12.8 Å². The Balaban J connectivity index is 4.34. The second-order valence-electron chi connectivity index (χ2n) is 20.9. The highest BCUT2D eigenvalue weighted by molar-refractivity contribution is 5.71. The third kappa shape index (κ3) is 60.4. The quantitative estimate of drug-likeness (QED) is 0.0211. The first-order valence-electron chi connectivity index (χ1n) is 30.6. The second kappa shape index (κ2) is 59.0. The summed E-state index contributed by atoms with van der Waals surface area (Å²) in [5, 5.41) is 9.71. The van der Waals surface area contributed by atoms with Crippen LogP contribution in [0.4, 0.5) is 0 Å². The lowest BCUT2D eigenvalue weighted by molar-refractivity contribution is -0.870. The van der Waals surface area contributed by atoms with E-state index in [1.165, 1.54) is 32.1 Å². The van der Waals surface area contributed by atoms with Gasteiger partial charge in [-0.05, 0) is 128 Å². The van der Waals surface area contributed by atoms with E-state index < -0.39 is 24.3 Å². The van der Waals surface area contributed by atoms with Gasteiger partial charge in [-0.1, -0.05) is 223 Å². The van der Waals surface area contributed by atoms with Gasteiger partial charge in [-0.3, -0.25) is 9.59 Å². The molecule has 2 atom stereocenters. The molecule has 0 saturated carbocycles. The molecule has 79 heavy (non-hydrogen) atoms. The number of hydrogen-bond acceptors (Lipinski definition) is 7. The van der Waals surface area contributed by atoms with Crippen LogP contribution in [0.2, 0.25) is 0 Å². The molecular weight excluding hydrogens is 983 g/mol. The van der Waals surface area contributed by atoms with Crippen molar-refractivity contribution in [3.8, 4) is 0 Å². The molecule has 9 nitrogen and oxygen atoms in total. The molecule has 0 rings (SSSR count). The van der Waals surface area contributed by atoms with Gasteiger partial charge >= 0.3 is 17.9 Å². The fourth-order valence-electron chi connectivity index (χ4n) is 7.58. The molecule has 9 heteroatoms. The van der Waals surface area contributed by atoms with Gasteiger partial charge in [-0.2, -0.15) is 0 Å². The Morgan fingerprint density at radius 2 is 0.722 bits per heavy atom. The van der Waals surface area contributed by atoms with Crippen molar-refractivity contribution >= 4 is 17.9 Å². The maximum absolute atomic E-state index is 12.9. The zero-order chi connectivity index (χ0) is 57.6. The Labute approximate surface area is 483 Å². The van der Waals surface area contributed by atoms with Crippen LogP contribution in [0, 0.1) is 0 Å². The van der Waals surface area contributed by atoms with Crippen LogP contribution in [0.25, 0.3) is 0 Å². The molecule has 0 amide bonds. The highest BCUT2D eigenvalue weighted by Crippen LogP contribution is 2.13. The normalized spacial score (nSPS) is 13.9. The summed E-state index contributed by atoms with van der Waals surface area (Å²) < 4.78 is 22.8. The smallest absolute Gasteiger partial charge is 0.361 e. The number of quaternary nitrogens is 1. The van der Waals surface area contributed by atoms with Crippen molar-refractivity contribution in [1.82, 2.24) is 0 Å². The number of rotatable bonds is 54. The number of carboxylic acid groups (broad SMARTS) is 1. The average Bonchev–Trinajstić information content (AvgIpc) is 3.42. The van der Waals surface area contributed by atoms with Gasteiger partial charge in [0.25, 0.3) is 6.29 Å². The number of carboxylic acids is 1. The zero-order valence-corrected chi connectivity index (χ0v) is 50.5. The summed E-state index contributed by atoms with van der Waals surface area (Å²) in [6.45, 7) is 4.66. The van der Waals surface area contributed by atoms with Crippen molar-refractivity contribution in [2.75, 3.05) is 47.5 Å². The molecule has 0 saturated heterocycles. The van der Waals surface area contributed by atoms with Crippen LogP contribution in [0.5, 0.6) is 0 Å². The number of aliphatic carboxylic acids is 1. The molecule has 0 aliphatic heterocycles. The molecule has 0 aromatic heterocycles. The number of carbonyl (C=O) groups excluding carboxylic acids is 2. The second-order valence-corrected chi connectivity index (χ2v) is 20.9. The number of likely N-dealkylation sites (N-methyl/N-ethyl adjacent to an activating group) is 1. The minimum absolute atomic E-state index is 0.171. The molecule has 0 aromatic carbocycles. The van der Waals surface area contributed by atoms with Crippen molar-refractivity contribution < 1.29 is 42.9 Å².